The summed E-state index contributed by atoms with van der Waals surface area (Å²) in [5.74, 6) is -0.476. The lowest BCUT2D eigenvalue weighted by Gasteiger charge is -2.16. The van der Waals surface area contributed by atoms with Crippen LogP contribution in [-0.4, -0.2) is 23.7 Å². The molecule has 1 unspecified atom stereocenters. The van der Waals surface area contributed by atoms with E-state index < -0.39 is 5.91 Å². The van der Waals surface area contributed by atoms with Gasteiger partial charge in [0.1, 0.15) is 0 Å². The smallest absolute Gasteiger partial charge is 0.248 e. The molecular formula is C12H19N3O2. The van der Waals surface area contributed by atoms with Gasteiger partial charge in [-0.25, -0.2) is 0 Å². The average molecular weight is 237 g/mol. The van der Waals surface area contributed by atoms with E-state index in [4.69, 9.17) is 16.6 Å². The van der Waals surface area contributed by atoms with Crippen molar-refractivity contribution in [2.45, 2.75) is 25.8 Å². The van der Waals surface area contributed by atoms with Gasteiger partial charge in [0, 0.05) is 18.2 Å². The first-order valence-electron chi connectivity index (χ1n) is 5.61. The molecule has 1 aromatic rings. The van der Waals surface area contributed by atoms with Gasteiger partial charge in [0.25, 0.3) is 0 Å². The summed E-state index contributed by atoms with van der Waals surface area (Å²) in [6.07, 6.45) is 1.56. The predicted molar refractivity (Wildman–Crippen MR) is 68.8 cm³/mol. The van der Waals surface area contributed by atoms with Crippen LogP contribution in [0.5, 0.6) is 0 Å². The number of aliphatic hydroxyl groups excluding tert-OH is 1. The molecule has 1 amide bonds. The Morgan fingerprint density at radius 1 is 1.53 bits per heavy atom. The minimum absolute atomic E-state index is 0.169. The highest BCUT2D eigenvalue weighted by Crippen LogP contribution is 2.21. The molecule has 0 radical (unpaired) electrons. The Balaban J connectivity index is 2.75. The first-order valence-corrected chi connectivity index (χ1v) is 5.61. The number of amides is 1. The summed E-state index contributed by atoms with van der Waals surface area (Å²) in [4.78, 5) is 11.0. The Kier molecular flexibility index (Phi) is 4.78. The summed E-state index contributed by atoms with van der Waals surface area (Å²) in [6.45, 7) is 2.16. The lowest BCUT2D eigenvalue weighted by Crippen LogP contribution is -2.18. The number of aliphatic hydroxyl groups is 1. The molecule has 5 heteroatoms. The molecule has 0 aliphatic rings. The number of hydrogen-bond acceptors (Lipinski definition) is 4. The van der Waals surface area contributed by atoms with Crippen molar-refractivity contribution >= 4 is 17.3 Å². The molecule has 5 nitrogen and oxygen atoms in total. The second kappa shape index (κ2) is 6.10. The summed E-state index contributed by atoms with van der Waals surface area (Å²) < 4.78 is 0. The highest BCUT2D eigenvalue weighted by atomic mass is 16.2. The van der Waals surface area contributed by atoms with Crippen LogP contribution in [0.25, 0.3) is 0 Å². The number of hydrogen-bond donors (Lipinski definition) is 4. The summed E-state index contributed by atoms with van der Waals surface area (Å²) in [7, 11) is 0. The zero-order valence-electron chi connectivity index (χ0n) is 9.94. The van der Waals surface area contributed by atoms with Crippen LogP contribution in [0.2, 0.25) is 0 Å². The summed E-state index contributed by atoms with van der Waals surface area (Å²) in [5.41, 5.74) is 12.7. The molecule has 0 aromatic heterocycles. The molecule has 0 fully saturated rings. The Bertz CT molecular complexity index is 393. The number of carbonyl (C=O) groups excluding carboxylic acids is 1. The number of nitrogen functional groups attached to an aromatic ring is 1. The fraction of sp³-hybridized carbons (Fsp3) is 0.417. The van der Waals surface area contributed by atoms with Crippen molar-refractivity contribution in [2.24, 2.45) is 5.73 Å². The molecule has 17 heavy (non-hydrogen) atoms. The lowest BCUT2D eigenvalue weighted by molar-refractivity contribution is 0.100. The van der Waals surface area contributed by atoms with E-state index in [1.807, 2.05) is 6.92 Å². The molecule has 0 spiro atoms. The third-order valence-corrected chi connectivity index (χ3v) is 2.53. The number of benzene rings is 1. The molecule has 0 saturated heterocycles. The maximum absolute atomic E-state index is 11.0. The number of primary amides is 1. The van der Waals surface area contributed by atoms with Crippen molar-refractivity contribution in [2.75, 3.05) is 17.7 Å². The van der Waals surface area contributed by atoms with Crippen LogP contribution in [0, 0.1) is 0 Å². The van der Waals surface area contributed by atoms with Gasteiger partial charge >= 0.3 is 0 Å². The molecule has 0 saturated carbocycles. The van der Waals surface area contributed by atoms with Crippen molar-refractivity contribution in [3.8, 4) is 0 Å². The number of rotatable bonds is 6. The summed E-state index contributed by atoms with van der Waals surface area (Å²) in [5, 5.41) is 11.9. The van der Waals surface area contributed by atoms with E-state index in [9.17, 15) is 4.79 Å². The van der Waals surface area contributed by atoms with E-state index in [0.29, 0.717) is 16.9 Å². The molecule has 0 heterocycles. The Morgan fingerprint density at radius 3 is 2.82 bits per heavy atom. The molecule has 1 aromatic carbocycles. The van der Waals surface area contributed by atoms with Crippen LogP contribution >= 0.6 is 0 Å². The first kappa shape index (κ1) is 13.3. The normalized spacial score (nSPS) is 12.1. The van der Waals surface area contributed by atoms with Gasteiger partial charge in [-0.2, -0.15) is 0 Å². The van der Waals surface area contributed by atoms with Gasteiger partial charge in [0.2, 0.25) is 5.91 Å². The van der Waals surface area contributed by atoms with Crippen LogP contribution in [-0.2, 0) is 0 Å². The number of carbonyl (C=O) groups is 1. The molecule has 1 rings (SSSR count). The van der Waals surface area contributed by atoms with Crippen LogP contribution in [0.1, 0.15) is 30.1 Å². The van der Waals surface area contributed by atoms with Gasteiger partial charge in [0.05, 0.1) is 11.4 Å². The zero-order valence-corrected chi connectivity index (χ0v) is 9.94. The summed E-state index contributed by atoms with van der Waals surface area (Å²) >= 11 is 0. The quantitative estimate of drug-likeness (QED) is 0.553. The standard InChI is InChI=1S/C12H19N3O2/c1-8(3-2-6-16)15-11-7-9(12(14)17)4-5-10(11)13/h4-5,7-8,15-16H,2-3,6,13H2,1H3,(H2,14,17). The third kappa shape index (κ3) is 3.96. The van der Waals surface area contributed by atoms with Gasteiger partial charge in [0.15, 0.2) is 0 Å². The summed E-state index contributed by atoms with van der Waals surface area (Å²) in [6, 6.07) is 5.07. The monoisotopic (exact) mass is 237 g/mol. The molecule has 0 bridgehead atoms. The van der Waals surface area contributed by atoms with Crippen LogP contribution < -0.4 is 16.8 Å². The van der Waals surface area contributed by atoms with Crippen molar-refractivity contribution in [3.63, 3.8) is 0 Å². The maximum Gasteiger partial charge on any atom is 0.248 e. The maximum atomic E-state index is 11.0. The van der Waals surface area contributed by atoms with Gasteiger partial charge in [-0.05, 0) is 38.0 Å². The lowest BCUT2D eigenvalue weighted by atomic mass is 10.1. The predicted octanol–water partition coefficient (Wildman–Crippen LogP) is 0.941. The third-order valence-electron chi connectivity index (χ3n) is 2.53. The van der Waals surface area contributed by atoms with Crippen LogP contribution in [0.4, 0.5) is 11.4 Å². The average Bonchev–Trinajstić information content (AvgIpc) is 2.29. The van der Waals surface area contributed by atoms with E-state index >= 15 is 0 Å². The molecular weight excluding hydrogens is 218 g/mol. The van der Waals surface area contributed by atoms with E-state index in [1.54, 1.807) is 18.2 Å². The van der Waals surface area contributed by atoms with Crippen LogP contribution in [0.3, 0.4) is 0 Å². The fourth-order valence-electron chi connectivity index (χ4n) is 1.57. The molecule has 94 valence electrons. The fourth-order valence-corrected chi connectivity index (χ4v) is 1.57. The number of anilines is 2. The molecule has 0 aliphatic heterocycles. The topological polar surface area (TPSA) is 101 Å². The minimum atomic E-state index is -0.476. The van der Waals surface area contributed by atoms with E-state index in [1.165, 1.54) is 0 Å². The second-order valence-electron chi connectivity index (χ2n) is 4.08. The molecule has 1 atom stereocenters. The van der Waals surface area contributed by atoms with Gasteiger partial charge in [-0.15, -0.1) is 0 Å². The molecule has 6 N–H and O–H groups in total. The molecule has 0 aliphatic carbocycles. The van der Waals surface area contributed by atoms with E-state index in [-0.39, 0.29) is 12.6 Å². The van der Waals surface area contributed by atoms with E-state index in [0.717, 1.165) is 12.8 Å². The Labute approximate surface area is 101 Å². The SMILES string of the molecule is CC(CCCO)Nc1cc(C(N)=O)ccc1N. The van der Waals surface area contributed by atoms with E-state index in [2.05, 4.69) is 5.32 Å². The Hall–Kier alpha value is -1.75. The van der Waals surface area contributed by atoms with Crippen molar-refractivity contribution in [1.82, 2.24) is 0 Å². The number of nitrogens with two attached hydrogens (primary N) is 2. The zero-order chi connectivity index (χ0) is 12.8. The first-order chi connectivity index (χ1) is 8.04. The van der Waals surface area contributed by atoms with Crippen molar-refractivity contribution < 1.29 is 9.90 Å². The van der Waals surface area contributed by atoms with Crippen molar-refractivity contribution in [1.29, 1.82) is 0 Å². The highest BCUT2D eigenvalue weighted by molar-refractivity contribution is 5.94. The van der Waals surface area contributed by atoms with Crippen molar-refractivity contribution in [3.05, 3.63) is 23.8 Å². The van der Waals surface area contributed by atoms with Gasteiger partial charge in [-0.1, -0.05) is 0 Å². The second-order valence-corrected chi connectivity index (χ2v) is 4.08. The van der Waals surface area contributed by atoms with Gasteiger partial charge < -0.3 is 21.9 Å². The number of nitrogens with one attached hydrogen (secondary N) is 1. The van der Waals surface area contributed by atoms with Crippen LogP contribution in [0.15, 0.2) is 18.2 Å². The largest absolute Gasteiger partial charge is 0.397 e. The van der Waals surface area contributed by atoms with Gasteiger partial charge in [-0.3, -0.25) is 4.79 Å². The Morgan fingerprint density at radius 2 is 2.24 bits per heavy atom. The minimum Gasteiger partial charge on any atom is -0.397 e. The highest BCUT2D eigenvalue weighted by Gasteiger charge is 2.07.